The van der Waals surface area contributed by atoms with Gasteiger partial charge in [-0.1, -0.05) is 11.6 Å². The molecule has 2 rings (SSSR count). The van der Waals surface area contributed by atoms with Gasteiger partial charge in [-0.25, -0.2) is 9.59 Å². The predicted octanol–water partition coefficient (Wildman–Crippen LogP) is 2.06. The number of pyridine rings is 1. The van der Waals surface area contributed by atoms with E-state index in [1.807, 2.05) is 0 Å². The Labute approximate surface area is 124 Å². The topological polar surface area (TPSA) is 85.5 Å². The third kappa shape index (κ3) is 2.50. The maximum Gasteiger partial charge on any atom is 0.355 e. The van der Waals surface area contributed by atoms with Gasteiger partial charge in [0.25, 0.3) is 0 Å². The minimum Gasteiger partial charge on any atom is -0.465 e. The Morgan fingerprint density at radius 3 is 2.33 bits per heavy atom. The van der Waals surface area contributed by atoms with Crippen molar-refractivity contribution in [1.29, 1.82) is 0 Å². The molecule has 0 bridgehead atoms. The largest absolute Gasteiger partial charge is 0.465 e. The van der Waals surface area contributed by atoms with Crippen LogP contribution in [0.4, 0.5) is 0 Å². The lowest BCUT2D eigenvalue weighted by molar-refractivity contribution is 0.0549. The number of H-pyrrole nitrogens is 1. The molecule has 1 N–H and O–H groups in total. The van der Waals surface area contributed by atoms with E-state index < -0.39 is 17.4 Å². The highest BCUT2D eigenvalue weighted by Gasteiger charge is 2.25. The van der Waals surface area contributed by atoms with E-state index in [9.17, 15) is 14.4 Å². The number of ether oxygens (including phenoxy) is 2. The predicted molar refractivity (Wildman–Crippen MR) is 77.0 cm³/mol. The molecule has 0 amide bonds. The van der Waals surface area contributed by atoms with Crippen molar-refractivity contribution in [2.45, 2.75) is 6.92 Å². The van der Waals surface area contributed by atoms with Gasteiger partial charge in [0.15, 0.2) is 0 Å². The fourth-order valence-corrected chi connectivity index (χ4v) is 2.40. The van der Waals surface area contributed by atoms with Gasteiger partial charge in [0, 0.05) is 10.4 Å². The van der Waals surface area contributed by atoms with E-state index in [0.717, 1.165) is 14.2 Å². The first-order valence-corrected chi connectivity index (χ1v) is 6.31. The van der Waals surface area contributed by atoms with Crippen molar-refractivity contribution in [2.24, 2.45) is 0 Å². The number of aryl methyl sites for hydroxylation is 1. The van der Waals surface area contributed by atoms with Gasteiger partial charge in [-0.15, -0.1) is 0 Å². The first kappa shape index (κ1) is 15.1. The molecule has 110 valence electrons. The van der Waals surface area contributed by atoms with Crippen LogP contribution in [0.2, 0.25) is 5.02 Å². The van der Waals surface area contributed by atoms with Crippen molar-refractivity contribution in [2.75, 3.05) is 14.2 Å². The van der Waals surface area contributed by atoms with Crippen LogP contribution in [-0.4, -0.2) is 31.1 Å². The molecule has 2 aromatic rings. The summed E-state index contributed by atoms with van der Waals surface area (Å²) in [5.74, 6) is -1.75. The average molecular weight is 310 g/mol. The number of aromatic amines is 1. The summed E-state index contributed by atoms with van der Waals surface area (Å²) in [4.78, 5) is 38.9. The second-order valence-corrected chi connectivity index (χ2v) is 4.77. The number of hydrogen-bond acceptors (Lipinski definition) is 5. The molecule has 1 heterocycles. The van der Waals surface area contributed by atoms with Crippen molar-refractivity contribution in [3.05, 3.63) is 44.2 Å². The Kier molecular flexibility index (Phi) is 3.99. The van der Waals surface area contributed by atoms with Crippen LogP contribution >= 0.6 is 11.6 Å². The fourth-order valence-electron chi connectivity index (χ4n) is 2.13. The number of carbonyl (C=O) groups is 2. The van der Waals surface area contributed by atoms with Gasteiger partial charge in [0.1, 0.15) is 11.3 Å². The molecule has 0 fully saturated rings. The first-order valence-electron chi connectivity index (χ1n) is 5.93. The highest BCUT2D eigenvalue weighted by Crippen LogP contribution is 2.21. The van der Waals surface area contributed by atoms with Crippen molar-refractivity contribution >= 4 is 34.4 Å². The quantitative estimate of drug-likeness (QED) is 0.858. The molecular formula is C14H12ClNO5. The van der Waals surface area contributed by atoms with Crippen LogP contribution in [-0.2, 0) is 9.47 Å². The van der Waals surface area contributed by atoms with Gasteiger partial charge in [-0.05, 0) is 24.6 Å². The smallest absolute Gasteiger partial charge is 0.355 e. The molecule has 21 heavy (non-hydrogen) atoms. The minimum absolute atomic E-state index is 0.261. The Balaban J connectivity index is 2.98. The number of fused-ring (bicyclic) bond motifs is 1. The molecule has 0 aliphatic rings. The number of nitrogens with one attached hydrogen (secondary N) is 1. The molecule has 0 saturated carbocycles. The fraction of sp³-hybridized carbons (Fsp3) is 0.214. The molecule has 0 aliphatic heterocycles. The molecule has 0 atom stereocenters. The molecule has 7 heteroatoms. The standard InChI is InChI=1S/C14H12ClNO5/c1-6-4-7(15)5-8-9(6)12(17)10(13(18)20-2)11(16-8)14(19)21-3/h4-5H,1-3H3,(H,16,17). The molecular weight excluding hydrogens is 298 g/mol. The summed E-state index contributed by atoms with van der Waals surface area (Å²) < 4.78 is 9.16. The van der Waals surface area contributed by atoms with Gasteiger partial charge in [-0.3, -0.25) is 4.79 Å². The Bertz CT molecular complexity index is 809. The maximum absolute atomic E-state index is 12.5. The lowest BCUT2D eigenvalue weighted by atomic mass is 10.0. The maximum atomic E-state index is 12.5. The Morgan fingerprint density at radius 2 is 1.76 bits per heavy atom. The van der Waals surface area contributed by atoms with Gasteiger partial charge in [0.2, 0.25) is 5.43 Å². The number of benzene rings is 1. The number of hydrogen-bond donors (Lipinski definition) is 1. The highest BCUT2D eigenvalue weighted by molar-refractivity contribution is 6.31. The van der Waals surface area contributed by atoms with Crippen LogP contribution < -0.4 is 5.43 Å². The van der Waals surface area contributed by atoms with E-state index in [2.05, 4.69) is 14.5 Å². The van der Waals surface area contributed by atoms with Crippen LogP contribution in [0.3, 0.4) is 0 Å². The van der Waals surface area contributed by atoms with Crippen molar-refractivity contribution in [3.8, 4) is 0 Å². The summed E-state index contributed by atoms with van der Waals surface area (Å²) in [6.45, 7) is 1.68. The third-order valence-corrected chi connectivity index (χ3v) is 3.26. The number of methoxy groups -OCH3 is 2. The molecule has 0 unspecified atom stereocenters. The van der Waals surface area contributed by atoms with Crippen LogP contribution in [0, 0.1) is 6.92 Å². The lowest BCUT2D eigenvalue weighted by Gasteiger charge is -2.10. The zero-order valence-corrected chi connectivity index (χ0v) is 12.3. The second kappa shape index (κ2) is 5.57. The zero-order valence-electron chi connectivity index (χ0n) is 11.6. The summed E-state index contributed by atoms with van der Waals surface area (Å²) in [7, 11) is 2.27. The SMILES string of the molecule is COC(=O)c1[nH]c2cc(Cl)cc(C)c2c(=O)c1C(=O)OC. The summed E-state index contributed by atoms with van der Waals surface area (Å²) >= 11 is 5.94. The van der Waals surface area contributed by atoms with Gasteiger partial charge in [0.05, 0.1) is 19.7 Å². The van der Waals surface area contributed by atoms with E-state index in [1.54, 1.807) is 13.0 Å². The van der Waals surface area contributed by atoms with Gasteiger partial charge < -0.3 is 14.5 Å². The molecule has 6 nitrogen and oxygen atoms in total. The van der Waals surface area contributed by atoms with Gasteiger partial charge >= 0.3 is 11.9 Å². The Morgan fingerprint density at radius 1 is 1.14 bits per heavy atom. The number of rotatable bonds is 2. The highest BCUT2D eigenvalue weighted by atomic mass is 35.5. The molecule has 1 aromatic heterocycles. The lowest BCUT2D eigenvalue weighted by Crippen LogP contribution is -2.24. The number of esters is 2. The number of aromatic nitrogens is 1. The summed E-state index contributed by atoms with van der Waals surface area (Å²) in [6.07, 6.45) is 0. The summed E-state index contributed by atoms with van der Waals surface area (Å²) in [6, 6.07) is 3.09. The molecule has 0 spiro atoms. The van der Waals surface area contributed by atoms with Crippen molar-refractivity contribution < 1.29 is 19.1 Å². The van der Waals surface area contributed by atoms with E-state index >= 15 is 0 Å². The minimum atomic E-state index is -0.909. The van der Waals surface area contributed by atoms with Crippen LogP contribution in [0.25, 0.3) is 10.9 Å². The normalized spacial score (nSPS) is 10.5. The van der Waals surface area contributed by atoms with Crippen LogP contribution in [0.15, 0.2) is 16.9 Å². The van der Waals surface area contributed by atoms with Crippen LogP contribution in [0.5, 0.6) is 0 Å². The van der Waals surface area contributed by atoms with E-state index in [4.69, 9.17) is 11.6 Å². The van der Waals surface area contributed by atoms with E-state index in [1.165, 1.54) is 6.07 Å². The number of halogens is 1. The van der Waals surface area contributed by atoms with E-state index in [0.29, 0.717) is 16.1 Å². The van der Waals surface area contributed by atoms with Crippen molar-refractivity contribution in [1.82, 2.24) is 4.98 Å². The summed E-state index contributed by atoms with van der Waals surface area (Å²) in [5.41, 5.74) is -0.325. The van der Waals surface area contributed by atoms with Crippen LogP contribution in [0.1, 0.15) is 26.4 Å². The van der Waals surface area contributed by atoms with Crippen molar-refractivity contribution in [3.63, 3.8) is 0 Å². The monoisotopic (exact) mass is 309 g/mol. The second-order valence-electron chi connectivity index (χ2n) is 4.33. The average Bonchev–Trinajstić information content (AvgIpc) is 2.44. The third-order valence-electron chi connectivity index (χ3n) is 3.04. The molecule has 0 aliphatic carbocycles. The molecule has 0 radical (unpaired) electrons. The van der Waals surface area contributed by atoms with E-state index in [-0.39, 0.29) is 16.6 Å². The number of carbonyl (C=O) groups excluding carboxylic acids is 2. The Hall–Kier alpha value is -2.34. The summed E-state index contributed by atoms with van der Waals surface area (Å²) in [5, 5.41) is 0.671. The molecule has 0 saturated heterocycles. The first-order chi connectivity index (χ1) is 9.90. The molecule has 1 aromatic carbocycles. The zero-order chi connectivity index (χ0) is 15.7. The van der Waals surface area contributed by atoms with Gasteiger partial charge in [-0.2, -0.15) is 0 Å².